The van der Waals surface area contributed by atoms with E-state index in [2.05, 4.69) is 6.92 Å². The monoisotopic (exact) mass is 222 g/mol. The Labute approximate surface area is 96.0 Å². The molecule has 88 valence electrons. The Morgan fingerprint density at radius 1 is 1.31 bits per heavy atom. The molecule has 0 heterocycles. The molecule has 1 fully saturated rings. The van der Waals surface area contributed by atoms with Gasteiger partial charge in [0.05, 0.1) is 5.92 Å². The highest BCUT2D eigenvalue weighted by atomic mass is 16.6. The van der Waals surface area contributed by atoms with E-state index in [0.717, 1.165) is 5.75 Å². The molecule has 0 spiro atoms. The van der Waals surface area contributed by atoms with Crippen LogP contribution in [0.1, 0.15) is 13.8 Å². The smallest absolute Gasteiger partial charge is 0.161 e. The largest absolute Gasteiger partial charge is 0.490 e. The van der Waals surface area contributed by atoms with Gasteiger partial charge in [0, 0.05) is 12.5 Å². The fraction of sp³-hybridized carbons (Fsp3) is 0.538. The highest BCUT2D eigenvalue weighted by molar-refractivity contribution is 5.22. The minimum Gasteiger partial charge on any atom is -0.490 e. The van der Waals surface area contributed by atoms with E-state index in [4.69, 9.17) is 9.47 Å². The lowest BCUT2D eigenvalue weighted by Crippen LogP contribution is -2.18. The minimum absolute atomic E-state index is 0.0731. The summed E-state index contributed by atoms with van der Waals surface area (Å²) in [7, 11) is 0. The molecule has 1 N–H and O–H groups in total. The molecule has 1 aromatic carbocycles. The average molecular weight is 222 g/mol. The fourth-order valence-electron chi connectivity index (χ4n) is 2.00. The Balaban J connectivity index is 1.89. The summed E-state index contributed by atoms with van der Waals surface area (Å²) in [6, 6.07) is 9.69. The van der Waals surface area contributed by atoms with Crippen molar-refractivity contribution in [3.05, 3.63) is 30.3 Å². The quantitative estimate of drug-likeness (QED) is 0.775. The molecule has 0 bridgehead atoms. The lowest BCUT2D eigenvalue weighted by molar-refractivity contribution is -0.115. The van der Waals surface area contributed by atoms with Gasteiger partial charge in [0.15, 0.2) is 6.29 Å². The van der Waals surface area contributed by atoms with Crippen molar-refractivity contribution in [3.8, 4) is 5.75 Å². The molecule has 4 atom stereocenters. The van der Waals surface area contributed by atoms with Gasteiger partial charge in [0.25, 0.3) is 0 Å². The molecule has 0 aromatic heterocycles. The maximum atomic E-state index is 9.71. The van der Waals surface area contributed by atoms with Crippen LogP contribution in [0.25, 0.3) is 0 Å². The number of para-hydroxylation sites is 1. The second-order valence-electron chi connectivity index (χ2n) is 4.18. The molecule has 3 heteroatoms. The maximum Gasteiger partial charge on any atom is 0.161 e. The number of ether oxygens (including phenoxy) is 2. The van der Waals surface area contributed by atoms with E-state index in [0.29, 0.717) is 12.5 Å². The topological polar surface area (TPSA) is 38.7 Å². The van der Waals surface area contributed by atoms with Crippen molar-refractivity contribution in [3.63, 3.8) is 0 Å². The van der Waals surface area contributed by atoms with Gasteiger partial charge >= 0.3 is 0 Å². The van der Waals surface area contributed by atoms with Crippen molar-refractivity contribution in [1.29, 1.82) is 0 Å². The first-order valence-electron chi connectivity index (χ1n) is 5.75. The number of benzene rings is 1. The van der Waals surface area contributed by atoms with Crippen LogP contribution in [-0.4, -0.2) is 24.1 Å². The molecule has 0 radical (unpaired) electrons. The number of hydrogen-bond acceptors (Lipinski definition) is 3. The Morgan fingerprint density at radius 3 is 2.62 bits per heavy atom. The number of rotatable bonds is 5. The van der Waals surface area contributed by atoms with Crippen LogP contribution in [0.5, 0.6) is 5.75 Å². The highest BCUT2D eigenvalue weighted by Gasteiger charge is 2.54. The van der Waals surface area contributed by atoms with Gasteiger partial charge in [0.2, 0.25) is 0 Å². The van der Waals surface area contributed by atoms with Crippen molar-refractivity contribution in [2.45, 2.75) is 26.2 Å². The first-order chi connectivity index (χ1) is 7.74. The fourth-order valence-corrected chi connectivity index (χ4v) is 2.00. The summed E-state index contributed by atoms with van der Waals surface area (Å²) in [6.07, 6.45) is -0.627. The summed E-state index contributed by atoms with van der Waals surface area (Å²) in [4.78, 5) is 0. The van der Waals surface area contributed by atoms with Crippen LogP contribution in [0.2, 0.25) is 0 Å². The third-order valence-corrected chi connectivity index (χ3v) is 3.05. The molecule has 1 aliphatic rings. The van der Waals surface area contributed by atoms with E-state index in [1.54, 1.807) is 0 Å². The first kappa shape index (κ1) is 11.4. The molecule has 1 aromatic rings. The van der Waals surface area contributed by atoms with E-state index < -0.39 is 6.29 Å². The van der Waals surface area contributed by atoms with Gasteiger partial charge in [-0.3, -0.25) is 0 Å². The third kappa shape index (κ3) is 2.36. The average Bonchev–Trinajstić information content (AvgIpc) is 2.91. The van der Waals surface area contributed by atoms with E-state index in [1.807, 2.05) is 37.3 Å². The molecule has 0 saturated heterocycles. The van der Waals surface area contributed by atoms with Gasteiger partial charge in [-0.2, -0.15) is 0 Å². The Kier molecular flexibility index (Phi) is 3.46. The molecular weight excluding hydrogens is 204 g/mol. The third-order valence-electron chi connectivity index (χ3n) is 3.05. The minimum atomic E-state index is -0.700. The van der Waals surface area contributed by atoms with Crippen molar-refractivity contribution < 1.29 is 14.6 Å². The van der Waals surface area contributed by atoms with Crippen molar-refractivity contribution in [2.75, 3.05) is 6.61 Å². The van der Waals surface area contributed by atoms with Gasteiger partial charge in [-0.05, 0) is 19.1 Å². The van der Waals surface area contributed by atoms with Crippen LogP contribution in [0.15, 0.2) is 30.3 Å². The highest BCUT2D eigenvalue weighted by Crippen LogP contribution is 2.44. The Bertz CT molecular complexity index is 325. The second kappa shape index (κ2) is 4.85. The summed E-state index contributed by atoms with van der Waals surface area (Å²) in [5.41, 5.74) is 0. The van der Waals surface area contributed by atoms with Gasteiger partial charge < -0.3 is 14.6 Å². The number of aliphatic hydroxyl groups excluding tert-OH is 1. The Hall–Kier alpha value is -1.06. The normalized spacial score (nSPS) is 29.8. The molecule has 0 unspecified atom stereocenters. The van der Waals surface area contributed by atoms with Gasteiger partial charge in [-0.1, -0.05) is 25.1 Å². The van der Waals surface area contributed by atoms with Crippen LogP contribution < -0.4 is 4.74 Å². The second-order valence-corrected chi connectivity index (χ2v) is 4.18. The summed E-state index contributed by atoms with van der Waals surface area (Å²) < 4.78 is 11.0. The van der Waals surface area contributed by atoms with Crippen LogP contribution >= 0.6 is 0 Å². The van der Waals surface area contributed by atoms with Crippen molar-refractivity contribution in [2.24, 2.45) is 11.8 Å². The van der Waals surface area contributed by atoms with E-state index in [9.17, 15) is 5.11 Å². The number of hydrogen-bond donors (Lipinski definition) is 1. The lowest BCUT2D eigenvalue weighted by Gasteiger charge is -2.10. The molecule has 3 nitrogen and oxygen atoms in total. The SMILES string of the molecule is CCO[C@@H](O)[C@@H]1[C@@H](C)[C@H]1Oc1ccccc1. The lowest BCUT2D eigenvalue weighted by atomic mass is 10.3. The standard InChI is InChI=1S/C13H18O3/c1-3-15-13(14)11-9(2)12(11)16-10-7-5-4-6-8-10/h4-9,11-14H,3H2,1-2H3/t9-,11-,12-,13-/m1/s1. The van der Waals surface area contributed by atoms with E-state index in [-0.39, 0.29) is 12.0 Å². The summed E-state index contributed by atoms with van der Waals surface area (Å²) in [6.45, 7) is 4.48. The predicted molar refractivity (Wildman–Crippen MR) is 61.1 cm³/mol. The van der Waals surface area contributed by atoms with E-state index in [1.165, 1.54) is 0 Å². The summed E-state index contributed by atoms with van der Waals surface area (Å²) in [5, 5.41) is 9.71. The molecule has 2 rings (SSSR count). The van der Waals surface area contributed by atoms with Crippen molar-refractivity contribution >= 4 is 0 Å². The van der Waals surface area contributed by atoms with Crippen LogP contribution in [-0.2, 0) is 4.74 Å². The Morgan fingerprint density at radius 2 is 2.00 bits per heavy atom. The van der Waals surface area contributed by atoms with E-state index >= 15 is 0 Å². The van der Waals surface area contributed by atoms with Crippen LogP contribution in [0, 0.1) is 11.8 Å². The van der Waals surface area contributed by atoms with Gasteiger partial charge in [-0.15, -0.1) is 0 Å². The molecule has 1 saturated carbocycles. The molecule has 1 aliphatic carbocycles. The zero-order valence-electron chi connectivity index (χ0n) is 9.67. The maximum absolute atomic E-state index is 9.71. The van der Waals surface area contributed by atoms with Crippen LogP contribution in [0.3, 0.4) is 0 Å². The first-order valence-corrected chi connectivity index (χ1v) is 5.75. The van der Waals surface area contributed by atoms with Crippen molar-refractivity contribution in [1.82, 2.24) is 0 Å². The van der Waals surface area contributed by atoms with Gasteiger partial charge in [-0.25, -0.2) is 0 Å². The summed E-state index contributed by atoms with van der Waals surface area (Å²) in [5.74, 6) is 1.30. The zero-order valence-corrected chi connectivity index (χ0v) is 9.67. The number of aliphatic hydroxyl groups is 1. The molecular formula is C13H18O3. The summed E-state index contributed by atoms with van der Waals surface area (Å²) >= 11 is 0. The molecule has 0 amide bonds. The molecule has 0 aliphatic heterocycles. The van der Waals surface area contributed by atoms with Gasteiger partial charge in [0.1, 0.15) is 11.9 Å². The zero-order chi connectivity index (χ0) is 11.5. The predicted octanol–water partition coefficient (Wildman–Crippen LogP) is 2.05. The van der Waals surface area contributed by atoms with Crippen LogP contribution in [0.4, 0.5) is 0 Å². The molecule has 16 heavy (non-hydrogen) atoms.